The summed E-state index contributed by atoms with van der Waals surface area (Å²) in [7, 11) is 0. The van der Waals surface area contributed by atoms with Crippen molar-refractivity contribution in [2.75, 3.05) is 6.54 Å². The summed E-state index contributed by atoms with van der Waals surface area (Å²) in [4.78, 5) is 23.1. The molecule has 26 heavy (non-hydrogen) atoms. The first-order valence-electron chi connectivity index (χ1n) is 9.59. The van der Waals surface area contributed by atoms with Crippen LogP contribution in [0.15, 0.2) is 0 Å². The Kier molecular flexibility index (Phi) is 4.16. The Morgan fingerprint density at radius 1 is 1.23 bits per heavy atom. The third-order valence-corrected chi connectivity index (χ3v) is 6.55. The monoisotopic (exact) mass is 361 g/mol. The van der Waals surface area contributed by atoms with E-state index in [9.17, 15) is 14.9 Å². The van der Waals surface area contributed by atoms with Crippen LogP contribution in [0, 0.1) is 41.7 Å². The lowest BCUT2D eigenvalue weighted by molar-refractivity contribution is -0.386. The van der Waals surface area contributed by atoms with Gasteiger partial charge in [-0.3, -0.25) is 14.8 Å². The molecule has 2 amide bonds. The normalized spacial score (nSPS) is 31.8. The van der Waals surface area contributed by atoms with Crippen LogP contribution in [0.25, 0.3) is 0 Å². The van der Waals surface area contributed by atoms with E-state index < -0.39 is 4.92 Å². The quantitative estimate of drug-likeness (QED) is 0.622. The zero-order chi connectivity index (χ0) is 18.5. The van der Waals surface area contributed by atoms with Gasteiger partial charge in [-0.25, -0.2) is 4.79 Å². The molecular weight excluding hydrogens is 334 g/mol. The summed E-state index contributed by atoms with van der Waals surface area (Å²) in [5.74, 6) is 2.37. The Morgan fingerprint density at radius 3 is 2.31 bits per heavy atom. The van der Waals surface area contributed by atoms with E-state index in [2.05, 4.69) is 15.7 Å². The highest BCUT2D eigenvalue weighted by Crippen LogP contribution is 2.55. The molecule has 0 aliphatic heterocycles. The molecule has 4 saturated carbocycles. The smallest absolute Gasteiger partial charge is 0.315 e. The fourth-order valence-corrected chi connectivity index (χ4v) is 5.99. The molecule has 0 atom stereocenters. The zero-order valence-electron chi connectivity index (χ0n) is 15.5. The molecule has 0 aromatic carbocycles. The number of nitrogens with zero attached hydrogens (tertiary/aromatic N) is 3. The van der Waals surface area contributed by atoms with Gasteiger partial charge in [-0.05, 0) is 70.1 Å². The Balaban J connectivity index is 1.31. The Bertz CT molecular complexity index is 706. The van der Waals surface area contributed by atoms with Crippen LogP contribution in [-0.2, 0) is 6.54 Å². The van der Waals surface area contributed by atoms with Gasteiger partial charge in [0.2, 0.25) is 0 Å². The largest absolute Gasteiger partial charge is 0.336 e. The number of hydrogen-bond acceptors (Lipinski definition) is 4. The summed E-state index contributed by atoms with van der Waals surface area (Å²) in [6, 6.07) is -0.122. The molecule has 4 aliphatic carbocycles. The van der Waals surface area contributed by atoms with E-state index in [4.69, 9.17) is 0 Å². The van der Waals surface area contributed by atoms with Crippen molar-refractivity contribution >= 4 is 11.7 Å². The third-order valence-electron chi connectivity index (χ3n) is 6.55. The molecule has 5 rings (SSSR count). The van der Waals surface area contributed by atoms with Crippen molar-refractivity contribution in [1.29, 1.82) is 0 Å². The van der Waals surface area contributed by atoms with Gasteiger partial charge in [-0.15, -0.1) is 0 Å². The molecule has 8 heteroatoms. The van der Waals surface area contributed by atoms with Crippen molar-refractivity contribution in [3.63, 3.8) is 0 Å². The lowest BCUT2D eigenvalue weighted by Crippen LogP contribution is -2.61. The number of urea groups is 1. The summed E-state index contributed by atoms with van der Waals surface area (Å²) < 4.78 is 1.60. The molecule has 8 nitrogen and oxygen atoms in total. The molecule has 4 aliphatic rings. The molecule has 0 unspecified atom stereocenters. The summed E-state index contributed by atoms with van der Waals surface area (Å²) in [5, 5.41) is 21.5. The van der Waals surface area contributed by atoms with Gasteiger partial charge in [-0.1, -0.05) is 0 Å². The minimum absolute atomic E-state index is 0.00414. The zero-order valence-corrected chi connectivity index (χ0v) is 15.5. The average molecular weight is 361 g/mol. The first-order chi connectivity index (χ1) is 12.3. The number of carbonyl (C=O) groups is 1. The number of amides is 2. The van der Waals surface area contributed by atoms with Crippen LogP contribution in [0.1, 0.15) is 49.9 Å². The van der Waals surface area contributed by atoms with E-state index in [0.717, 1.165) is 37.0 Å². The first-order valence-corrected chi connectivity index (χ1v) is 9.59. The minimum Gasteiger partial charge on any atom is -0.336 e. The summed E-state index contributed by atoms with van der Waals surface area (Å²) in [6.07, 6.45) is 7.40. The highest BCUT2D eigenvalue weighted by Gasteiger charge is 2.51. The topological polar surface area (TPSA) is 102 Å². The number of rotatable bonds is 5. The Labute approximate surface area is 152 Å². The standard InChI is InChI=1S/C18H27N5O3/c1-11-16(23(25)26)12(2)22(21-11)4-3-19-17(24)20-18-8-13-5-14(9-18)7-15(6-13)10-18/h13-15H,3-10H2,1-2H3,(H2,19,20,24). The second-order valence-electron chi connectivity index (χ2n) is 8.58. The van der Waals surface area contributed by atoms with Gasteiger partial charge in [0.25, 0.3) is 0 Å². The van der Waals surface area contributed by atoms with E-state index in [1.807, 2.05) is 0 Å². The highest BCUT2D eigenvalue weighted by atomic mass is 16.6. The maximum Gasteiger partial charge on any atom is 0.315 e. The van der Waals surface area contributed by atoms with Crippen LogP contribution < -0.4 is 10.6 Å². The summed E-state index contributed by atoms with van der Waals surface area (Å²) in [5.41, 5.74) is 0.986. The fraction of sp³-hybridized carbons (Fsp3) is 0.778. The van der Waals surface area contributed by atoms with Crippen molar-refractivity contribution in [2.24, 2.45) is 17.8 Å². The van der Waals surface area contributed by atoms with Crippen LogP contribution in [0.4, 0.5) is 10.5 Å². The van der Waals surface area contributed by atoms with Crippen LogP contribution in [0.3, 0.4) is 0 Å². The summed E-state index contributed by atoms with van der Waals surface area (Å²) in [6.45, 7) is 4.15. The third kappa shape index (κ3) is 3.05. The van der Waals surface area contributed by atoms with E-state index >= 15 is 0 Å². The number of aromatic nitrogens is 2. The van der Waals surface area contributed by atoms with Gasteiger partial charge in [0.15, 0.2) is 0 Å². The first kappa shape index (κ1) is 17.3. The maximum absolute atomic E-state index is 12.4. The van der Waals surface area contributed by atoms with Gasteiger partial charge in [0, 0.05) is 12.1 Å². The van der Waals surface area contributed by atoms with Crippen molar-refractivity contribution in [2.45, 2.75) is 64.5 Å². The lowest BCUT2D eigenvalue weighted by Gasteiger charge is -2.56. The van der Waals surface area contributed by atoms with Gasteiger partial charge in [0.1, 0.15) is 11.4 Å². The molecule has 0 saturated heterocycles. The van der Waals surface area contributed by atoms with Gasteiger partial charge in [0.05, 0.1) is 11.5 Å². The SMILES string of the molecule is Cc1nn(CCNC(=O)NC23CC4CC(CC(C4)C2)C3)c(C)c1[N+](=O)[O-]. The van der Waals surface area contributed by atoms with E-state index in [1.165, 1.54) is 19.3 Å². The van der Waals surface area contributed by atoms with Crippen molar-refractivity contribution in [3.8, 4) is 0 Å². The van der Waals surface area contributed by atoms with Crippen molar-refractivity contribution in [3.05, 3.63) is 21.5 Å². The second-order valence-corrected chi connectivity index (χ2v) is 8.58. The number of nitro groups is 1. The molecule has 1 aromatic heterocycles. The molecule has 2 N–H and O–H groups in total. The van der Waals surface area contributed by atoms with Crippen LogP contribution >= 0.6 is 0 Å². The molecular formula is C18H27N5O3. The molecule has 0 spiro atoms. The van der Waals surface area contributed by atoms with Crippen molar-refractivity contribution in [1.82, 2.24) is 20.4 Å². The molecule has 4 bridgehead atoms. The van der Waals surface area contributed by atoms with E-state index in [0.29, 0.717) is 24.5 Å². The minimum atomic E-state index is -0.401. The second kappa shape index (κ2) is 6.25. The predicted molar refractivity (Wildman–Crippen MR) is 95.8 cm³/mol. The maximum atomic E-state index is 12.4. The molecule has 4 fully saturated rings. The predicted octanol–water partition coefficient (Wildman–Crippen LogP) is 2.68. The van der Waals surface area contributed by atoms with Gasteiger partial charge >= 0.3 is 11.7 Å². The fourth-order valence-electron chi connectivity index (χ4n) is 5.99. The van der Waals surface area contributed by atoms with Gasteiger partial charge in [-0.2, -0.15) is 5.10 Å². The Hall–Kier alpha value is -2.12. The molecule has 1 heterocycles. The number of carbonyl (C=O) groups excluding carboxylic acids is 1. The Morgan fingerprint density at radius 2 is 1.81 bits per heavy atom. The lowest BCUT2D eigenvalue weighted by atomic mass is 9.53. The number of aryl methyl sites for hydroxylation is 1. The van der Waals surface area contributed by atoms with Crippen molar-refractivity contribution < 1.29 is 9.72 Å². The van der Waals surface area contributed by atoms with Gasteiger partial charge < -0.3 is 10.6 Å². The summed E-state index contributed by atoms with van der Waals surface area (Å²) >= 11 is 0. The van der Waals surface area contributed by atoms with E-state index in [-0.39, 0.29) is 17.3 Å². The molecule has 142 valence electrons. The van der Waals surface area contributed by atoms with E-state index in [1.54, 1.807) is 18.5 Å². The molecule has 1 aromatic rings. The molecule has 0 radical (unpaired) electrons. The number of nitrogens with one attached hydrogen (secondary N) is 2. The van der Waals surface area contributed by atoms with Crippen LogP contribution in [-0.4, -0.2) is 32.8 Å². The average Bonchev–Trinajstić information content (AvgIpc) is 2.79. The van der Waals surface area contributed by atoms with Crippen LogP contribution in [0.2, 0.25) is 0 Å². The highest BCUT2D eigenvalue weighted by molar-refractivity contribution is 5.74. The number of hydrogen-bond donors (Lipinski definition) is 2. The van der Waals surface area contributed by atoms with Crippen LogP contribution in [0.5, 0.6) is 0 Å².